The average molecular weight is 376 g/mol. The van der Waals surface area contributed by atoms with Crippen LogP contribution in [0.1, 0.15) is 19.4 Å². The van der Waals surface area contributed by atoms with Gasteiger partial charge in [0.05, 0.1) is 10.5 Å². The lowest BCUT2D eigenvalue weighted by Gasteiger charge is -2.39. The molecule has 134 valence electrons. The molecule has 0 radical (unpaired) electrons. The SMILES string of the molecule is CN=C(NCCc1ccc(F)cc1Cl)N1CCS(=O)(=O)C(C)(C)C1. The third-order valence-electron chi connectivity index (χ3n) is 4.25. The van der Waals surface area contributed by atoms with Crippen LogP contribution in [0.25, 0.3) is 0 Å². The summed E-state index contributed by atoms with van der Waals surface area (Å²) in [5, 5.41) is 3.62. The van der Waals surface area contributed by atoms with Gasteiger partial charge in [-0.15, -0.1) is 0 Å². The molecule has 1 fully saturated rings. The van der Waals surface area contributed by atoms with E-state index in [1.807, 2.05) is 4.90 Å². The number of hydrogen-bond donors (Lipinski definition) is 1. The Bertz CT molecular complexity index is 735. The minimum atomic E-state index is -3.09. The molecule has 8 heteroatoms. The predicted octanol–water partition coefficient (Wildman–Crippen LogP) is 2.11. The van der Waals surface area contributed by atoms with Gasteiger partial charge in [0.15, 0.2) is 15.8 Å². The molecular weight excluding hydrogens is 353 g/mol. The molecule has 1 aliphatic heterocycles. The smallest absolute Gasteiger partial charge is 0.193 e. The van der Waals surface area contributed by atoms with E-state index in [2.05, 4.69) is 10.3 Å². The standard InChI is InChI=1S/C16H23ClFN3O2S/c1-16(2)11-21(8-9-24(16,22)23)15(19-3)20-7-6-12-4-5-13(18)10-14(12)17/h4-5,10H,6-9,11H2,1-3H3,(H,19,20). The largest absolute Gasteiger partial charge is 0.356 e. The molecule has 5 nitrogen and oxygen atoms in total. The minimum absolute atomic E-state index is 0.116. The summed E-state index contributed by atoms with van der Waals surface area (Å²) < 4.78 is 36.4. The second-order valence-corrected chi connectivity index (χ2v) is 9.61. The summed E-state index contributed by atoms with van der Waals surface area (Å²) >= 11 is 6.02. The van der Waals surface area contributed by atoms with Gasteiger partial charge < -0.3 is 10.2 Å². The number of rotatable bonds is 3. The van der Waals surface area contributed by atoms with Crippen LogP contribution in [0, 0.1) is 5.82 Å². The molecule has 24 heavy (non-hydrogen) atoms. The van der Waals surface area contributed by atoms with Gasteiger partial charge in [0, 0.05) is 31.7 Å². The van der Waals surface area contributed by atoms with Gasteiger partial charge in [-0.05, 0) is 38.0 Å². The van der Waals surface area contributed by atoms with Crippen LogP contribution in [0.5, 0.6) is 0 Å². The Morgan fingerprint density at radius 1 is 1.46 bits per heavy atom. The zero-order valence-electron chi connectivity index (χ0n) is 14.1. The molecule has 1 heterocycles. The van der Waals surface area contributed by atoms with Crippen molar-refractivity contribution in [3.63, 3.8) is 0 Å². The lowest BCUT2D eigenvalue weighted by atomic mass is 10.1. The average Bonchev–Trinajstić information content (AvgIpc) is 2.49. The Hall–Kier alpha value is -1.34. The Kier molecular flexibility index (Phi) is 5.75. The molecule has 0 spiro atoms. The first-order valence-corrected chi connectivity index (χ1v) is 9.81. The highest BCUT2D eigenvalue weighted by atomic mass is 35.5. The van der Waals surface area contributed by atoms with Crippen molar-refractivity contribution in [2.75, 3.05) is 32.4 Å². The maximum absolute atomic E-state index is 13.1. The Balaban J connectivity index is 1.96. The summed E-state index contributed by atoms with van der Waals surface area (Å²) in [5.41, 5.74) is 0.850. The molecule has 0 aromatic heterocycles. The van der Waals surface area contributed by atoms with Gasteiger partial charge in [-0.25, -0.2) is 12.8 Å². The molecule has 0 unspecified atom stereocenters. The highest BCUT2D eigenvalue weighted by molar-refractivity contribution is 7.92. The van der Waals surface area contributed by atoms with Gasteiger partial charge >= 0.3 is 0 Å². The van der Waals surface area contributed by atoms with Crippen LogP contribution in [0.3, 0.4) is 0 Å². The molecular formula is C16H23ClFN3O2S. The number of aliphatic imine (C=N–C) groups is 1. The molecule has 1 N–H and O–H groups in total. The Labute approximate surface area is 147 Å². The van der Waals surface area contributed by atoms with Crippen molar-refractivity contribution >= 4 is 27.4 Å². The van der Waals surface area contributed by atoms with Gasteiger partial charge in [0.1, 0.15) is 5.82 Å². The highest BCUT2D eigenvalue weighted by Crippen LogP contribution is 2.23. The number of nitrogens with one attached hydrogen (secondary N) is 1. The van der Waals surface area contributed by atoms with E-state index in [1.165, 1.54) is 12.1 Å². The van der Waals surface area contributed by atoms with Crippen molar-refractivity contribution in [1.29, 1.82) is 0 Å². The molecule has 1 saturated heterocycles. The second kappa shape index (κ2) is 7.27. The van der Waals surface area contributed by atoms with Crippen LogP contribution in [0.2, 0.25) is 5.02 Å². The number of sulfone groups is 1. The summed E-state index contributed by atoms with van der Waals surface area (Å²) in [7, 11) is -1.42. The lowest BCUT2D eigenvalue weighted by molar-refractivity contribution is 0.353. The zero-order valence-corrected chi connectivity index (χ0v) is 15.7. The Morgan fingerprint density at radius 3 is 2.75 bits per heavy atom. The minimum Gasteiger partial charge on any atom is -0.356 e. The summed E-state index contributed by atoms with van der Waals surface area (Å²) in [5.74, 6) is 0.422. The van der Waals surface area contributed by atoms with Crippen LogP contribution in [-0.2, 0) is 16.3 Å². The molecule has 2 rings (SSSR count). The van der Waals surface area contributed by atoms with E-state index in [0.717, 1.165) is 5.56 Å². The summed E-state index contributed by atoms with van der Waals surface area (Å²) in [6.07, 6.45) is 0.619. The fourth-order valence-corrected chi connectivity index (χ4v) is 4.32. The van der Waals surface area contributed by atoms with E-state index in [9.17, 15) is 12.8 Å². The van der Waals surface area contributed by atoms with Crippen molar-refractivity contribution in [3.05, 3.63) is 34.6 Å². The van der Waals surface area contributed by atoms with Crippen molar-refractivity contribution in [3.8, 4) is 0 Å². The molecule has 0 aliphatic carbocycles. The van der Waals surface area contributed by atoms with Gasteiger partial charge in [-0.3, -0.25) is 4.99 Å². The first-order chi connectivity index (χ1) is 11.2. The van der Waals surface area contributed by atoms with Gasteiger partial charge in [-0.1, -0.05) is 17.7 Å². The van der Waals surface area contributed by atoms with E-state index >= 15 is 0 Å². The van der Waals surface area contributed by atoms with Gasteiger partial charge in [-0.2, -0.15) is 0 Å². The fraction of sp³-hybridized carbons (Fsp3) is 0.562. The van der Waals surface area contributed by atoms with Crippen molar-refractivity contribution in [2.24, 2.45) is 4.99 Å². The maximum Gasteiger partial charge on any atom is 0.193 e. The maximum atomic E-state index is 13.1. The van der Waals surface area contributed by atoms with Crippen molar-refractivity contribution in [2.45, 2.75) is 25.0 Å². The molecule has 0 saturated carbocycles. The third kappa shape index (κ3) is 4.19. The molecule has 1 aromatic rings. The molecule has 1 aromatic carbocycles. The highest BCUT2D eigenvalue weighted by Gasteiger charge is 2.40. The van der Waals surface area contributed by atoms with Crippen molar-refractivity contribution < 1.29 is 12.8 Å². The van der Waals surface area contributed by atoms with Crippen LogP contribution in [-0.4, -0.2) is 56.5 Å². The van der Waals surface area contributed by atoms with Gasteiger partial charge in [0.25, 0.3) is 0 Å². The lowest BCUT2D eigenvalue weighted by Crippen LogP contribution is -2.57. The summed E-state index contributed by atoms with van der Waals surface area (Å²) in [6.45, 7) is 4.86. The number of hydrogen-bond acceptors (Lipinski definition) is 3. The molecule has 1 aliphatic rings. The van der Waals surface area contributed by atoms with Crippen LogP contribution >= 0.6 is 11.6 Å². The molecule has 0 atom stereocenters. The van der Waals surface area contributed by atoms with E-state index in [-0.39, 0.29) is 11.6 Å². The normalized spacial score (nSPS) is 20.0. The Morgan fingerprint density at radius 2 is 2.17 bits per heavy atom. The van der Waals surface area contributed by atoms with E-state index in [4.69, 9.17) is 11.6 Å². The quantitative estimate of drug-likeness (QED) is 0.649. The molecule has 0 bridgehead atoms. The number of halogens is 2. The second-order valence-electron chi connectivity index (χ2n) is 6.46. The third-order valence-corrected chi connectivity index (χ3v) is 7.13. The van der Waals surface area contributed by atoms with Gasteiger partial charge in [0.2, 0.25) is 0 Å². The number of benzene rings is 1. The fourth-order valence-electron chi connectivity index (χ4n) is 2.69. The topological polar surface area (TPSA) is 61.8 Å². The van der Waals surface area contributed by atoms with Crippen LogP contribution < -0.4 is 5.32 Å². The zero-order chi connectivity index (χ0) is 18.0. The first kappa shape index (κ1) is 19.0. The molecule has 0 amide bonds. The summed E-state index contributed by atoms with van der Waals surface area (Å²) in [4.78, 5) is 6.19. The van der Waals surface area contributed by atoms with Crippen molar-refractivity contribution in [1.82, 2.24) is 10.2 Å². The first-order valence-electron chi connectivity index (χ1n) is 7.78. The monoisotopic (exact) mass is 375 g/mol. The predicted molar refractivity (Wildman–Crippen MR) is 95.9 cm³/mol. The van der Waals surface area contributed by atoms with E-state index in [0.29, 0.717) is 37.0 Å². The van der Waals surface area contributed by atoms with Crippen LogP contribution in [0.15, 0.2) is 23.2 Å². The van der Waals surface area contributed by atoms with E-state index < -0.39 is 14.6 Å². The number of guanidine groups is 1. The summed E-state index contributed by atoms with van der Waals surface area (Å²) in [6, 6.07) is 4.34. The number of nitrogens with zero attached hydrogens (tertiary/aromatic N) is 2. The van der Waals surface area contributed by atoms with Crippen LogP contribution in [0.4, 0.5) is 4.39 Å². The van der Waals surface area contributed by atoms with E-state index in [1.54, 1.807) is 27.0 Å².